The summed E-state index contributed by atoms with van der Waals surface area (Å²) >= 11 is 4.22. The molecule has 3 nitrogen and oxygen atoms in total. The van der Waals surface area contributed by atoms with E-state index < -0.39 is 12.0 Å². The van der Waals surface area contributed by atoms with Crippen molar-refractivity contribution in [1.82, 2.24) is 9.78 Å². The number of methoxy groups -OCH3 is 1. The lowest BCUT2D eigenvalue weighted by atomic mass is 10.0. The second-order valence-electron chi connectivity index (χ2n) is 5.43. The number of nitrogens with zero attached hydrogens (tertiary/aromatic N) is 2. The van der Waals surface area contributed by atoms with E-state index in [-0.39, 0.29) is 5.69 Å². The van der Waals surface area contributed by atoms with Crippen molar-refractivity contribution in [2.75, 3.05) is 7.11 Å². The summed E-state index contributed by atoms with van der Waals surface area (Å²) in [5, 5.41) is 4.01. The Hall–Kier alpha value is -1.40. The third-order valence-electron chi connectivity index (χ3n) is 3.28. The van der Waals surface area contributed by atoms with E-state index in [1.807, 2.05) is 13.8 Å². The summed E-state index contributed by atoms with van der Waals surface area (Å²) in [7, 11) is 1.60. The van der Waals surface area contributed by atoms with Crippen LogP contribution in [0.5, 0.6) is 0 Å². The number of thiol groups is 1. The van der Waals surface area contributed by atoms with Crippen LogP contribution in [0.4, 0.5) is 8.78 Å². The number of hydrogen-bond donors (Lipinski definition) is 1. The number of alkyl halides is 2. The van der Waals surface area contributed by atoms with Crippen molar-refractivity contribution in [3.8, 4) is 5.69 Å². The molecule has 0 saturated heterocycles. The standard InChI is InChI=1S/C15H18F2N2OS/c1-15(2,20-3)9-11-8-13(14(16)17)18-19(11)10-4-6-12(21)7-5-10/h4-8,14,21H,9H2,1-3H3. The van der Waals surface area contributed by atoms with E-state index in [2.05, 4.69) is 17.7 Å². The van der Waals surface area contributed by atoms with Gasteiger partial charge < -0.3 is 4.74 Å². The Kier molecular flexibility index (Phi) is 4.68. The highest BCUT2D eigenvalue weighted by Crippen LogP contribution is 2.25. The molecule has 0 saturated carbocycles. The number of halogens is 2. The molecule has 0 bridgehead atoms. The van der Waals surface area contributed by atoms with Gasteiger partial charge in [-0.2, -0.15) is 5.10 Å². The topological polar surface area (TPSA) is 27.1 Å². The molecule has 0 amide bonds. The van der Waals surface area contributed by atoms with Gasteiger partial charge in [0, 0.05) is 24.1 Å². The summed E-state index contributed by atoms with van der Waals surface area (Å²) in [6.45, 7) is 3.81. The Morgan fingerprint density at radius 3 is 2.43 bits per heavy atom. The van der Waals surface area contributed by atoms with Crippen LogP contribution in [-0.4, -0.2) is 22.5 Å². The summed E-state index contributed by atoms with van der Waals surface area (Å²) in [6, 6.07) is 8.63. The highest BCUT2D eigenvalue weighted by Gasteiger charge is 2.23. The zero-order valence-corrected chi connectivity index (χ0v) is 13.1. The molecule has 0 spiro atoms. The van der Waals surface area contributed by atoms with Crippen molar-refractivity contribution in [2.45, 2.75) is 37.2 Å². The predicted molar refractivity (Wildman–Crippen MR) is 80.6 cm³/mol. The van der Waals surface area contributed by atoms with Gasteiger partial charge in [-0.15, -0.1) is 12.6 Å². The largest absolute Gasteiger partial charge is 0.378 e. The zero-order valence-electron chi connectivity index (χ0n) is 12.2. The van der Waals surface area contributed by atoms with Crippen molar-refractivity contribution in [2.24, 2.45) is 0 Å². The molecule has 6 heteroatoms. The second kappa shape index (κ2) is 6.15. The number of aromatic nitrogens is 2. The van der Waals surface area contributed by atoms with E-state index in [0.29, 0.717) is 12.1 Å². The predicted octanol–water partition coefficient (Wildman–Crippen LogP) is 4.07. The number of rotatable bonds is 5. The molecule has 0 aliphatic rings. The van der Waals surface area contributed by atoms with Gasteiger partial charge in [0.1, 0.15) is 5.69 Å². The lowest BCUT2D eigenvalue weighted by Crippen LogP contribution is -2.26. The van der Waals surface area contributed by atoms with Crippen molar-refractivity contribution in [1.29, 1.82) is 0 Å². The van der Waals surface area contributed by atoms with Crippen molar-refractivity contribution >= 4 is 12.6 Å². The van der Waals surface area contributed by atoms with Gasteiger partial charge in [-0.05, 0) is 44.2 Å². The maximum atomic E-state index is 12.9. The first-order valence-electron chi connectivity index (χ1n) is 6.54. The van der Waals surface area contributed by atoms with Crippen LogP contribution in [0.1, 0.15) is 31.7 Å². The minimum Gasteiger partial charge on any atom is -0.378 e. The van der Waals surface area contributed by atoms with Crippen molar-refractivity contribution in [3.63, 3.8) is 0 Å². The van der Waals surface area contributed by atoms with Crippen LogP contribution in [-0.2, 0) is 11.2 Å². The van der Waals surface area contributed by atoms with E-state index in [1.165, 1.54) is 10.7 Å². The summed E-state index contributed by atoms with van der Waals surface area (Å²) in [4.78, 5) is 0.804. The smallest absolute Gasteiger partial charge is 0.282 e. The molecule has 0 atom stereocenters. The molecular formula is C15H18F2N2OS. The zero-order chi connectivity index (χ0) is 15.6. The first-order chi connectivity index (χ1) is 9.82. The fourth-order valence-corrected chi connectivity index (χ4v) is 2.15. The fourth-order valence-electron chi connectivity index (χ4n) is 2.00. The molecular weight excluding hydrogens is 294 g/mol. The van der Waals surface area contributed by atoms with Crippen LogP contribution < -0.4 is 0 Å². The molecule has 21 heavy (non-hydrogen) atoms. The maximum absolute atomic E-state index is 12.9. The van der Waals surface area contributed by atoms with Crippen LogP contribution in [0.15, 0.2) is 35.2 Å². The first-order valence-corrected chi connectivity index (χ1v) is 6.98. The molecule has 0 unspecified atom stereocenters. The molecule has 1 aromatic carbocycles. The SMILES string of the molecule is COC(C)(C)Cc1cc(C(F)F)nn1-c1ccc(S)cc1. The highest BCUT2D eigenvalue weighted by molar-refractivity contribution is 7.80. The van der Waals surface area contributed by atoms with Gasteiger partial charge in [0.25, 0.3) is 6.43 Å². The van der Waals surface area contributed by atoms with E-state index >= 15 is 0 Å². The number of hydrogen-bond acceptors (Lipinski definition) is 3. The lowest BCUT2D eigenvalue weighted by molar-refractivity contribution is 0.0220. The van der Waals surface area contributed by atoms with Gasteiger partial charge in [0.05, 0.1) is 11.3 Å². The lowest BCUT2D eigenvalue weighted by Gasteiger charge is -2.23. The van der Waals surface area contributed by atoms with E-state index in [1.54, 1.807) is 31.4 Å². The molecule has 1 aromatic heterocycles. The minimum atomic E-state index is -2.60. The van der Waals surface area contributed by atoms with Crippen LogP contribution in [0.3, 0.4) is 0 Å². The Labute approximate surface area is 128 Å². The molecule has 0 aliphatic carbocycles. The third-order valence-corrected chi connectivity index (χ3v) is 3.58. The summed E-state index contributed by atoms with van der Waals surface area (Å²) in [5.74, 6) is 0. The van der Waals surface area contributed by atoms with Crippen LogP contribution >= 0.6 is 12.6 Å². The van der Waals surface area contributed by atoms with E-state index in [0.717, 1.165) is 10.6 Å². The van der Waals surface area contributed by atoms with E-state index in [4.69, 9.17) is 4.74 Å². The van der Waals surface area contributed by atoms with Gasteiger partial charge in [-0.25, -0.2) is 13.5 Å². The molecule has 114 valence electrons. The van der Waals surface area contributed by atoms with Crippen molar-refractivity contribution in [3.05, 3.63) is 41.7 Å². The normalized spacial score (nSPS) is 12.1. The minimum absolute atomic E-state index is 0.230. The molecule has 1 heterocycles. The summed E-state index contributed by atoms with van der Waals surface area (Å²) in [5.41, 5.74) is 0.721. The van der Waals surface area contributed by atoms with Crippen LogP contribution in [0, 0.1) is 0 Å². The number of benzene rings is 1. The Bertz CT molecular complexity index is 609. The van der Waals surface area contributed by atoms with Crippen LogP contribution in [0.25, 0.3) is 5.69 Å². The molecule has 0 aliphatic heterocycles. The maximum Gasteiger partial charge on any atom is 0.282 e. The first kappa shape index (κ1) is 16.0. The molecule has 0 radical (unpaired) electrons. The van der Waals surface area contributed by atoms with Crippen LogP contribution in [0.2, 0.25) is 0 Å². The van der Waals surface area contributed by atoms with Gasteiger partial charge in [-0.1, -0.05) is 0 Å². The second-order valence-corrected chi connectivity index (χ2v) is 5.95. The van der Waals surface area contributed by atoms with Gasteiger partial charge in [0.2, 0.25) is 0 Å². The summed E-state index contributed by atoms with van der Waals surface area (Å²) in [6.07, 6.45) is -2.12. The number of ether oxygens (including phenoxy) is 1. The Balaban J connectivity index is 2.45. The van der Waals surface area contributed by atoms with Crippen molar-refractivity contribution < 1.29 is 13.5 Å². The Morgan fingerprint density at radius 2 is 1.90 bits per heavy atom. The quantitative estimate of drug-likeness (QED) is 0.843. The average Bonchev–Trinajstić information content (AvgIpc) is 2.83. The van der Waals surface area contributed by atoms with Gasteiger partial charge in [-0.3, -0.25) is 0 Å². The fraction of sp³-hybridized carbons (Fsp3) is 0.400. The third kappa shape index (κ3) is 3.83. The van der Waals surface area contributed by atoms with Gasteiger partial charge >= 0.3 is 0 Å². The average molecular weight is 312 g/mol. The van der Waals surface area contributed by atoms with Gasteiger partial charge in [0.15, 0.2) is 0 Å². The monoisotopic (exact) mass is 312 g/mol. The Morgan fingerprint density at radius 1 is 1.29 bits per heavy atom. The molecule has 0 N–H and O–H groups in total. The summed E-state index contributed by atoms with van der Waals surface area (Å²) < 4.78 is 32.8. The van der Waals surface area contributed by atoms with E-state index in [9.17, 15) is 8.78 Å². The molecule has 2 aromatic rings. The molecule has 2 rings (SSSR count). The molecule has 0 fully saturated rings. The highest BCUT2D eigenvalue weighted by atomic mass is 32.1.